The largest absolute Gasteiger partial charge is 0.397 e. The number of nitrogen functional groups attached to an aromatic ring is 1. The Kier molecular flexibility index (Phi) is 4.17. The number of carbonyl (C=O) groups excluding carboxylic acids is 1. The summed E-state index contributed by atoms with van der Waals surface area (Å²) in [6.07, 6.45) is 1.74. The van der Waals surface area contributed by atoms with Gasteiger partial charge in [-0.15, -0.1) is 0 Å². The van der Waals surface area contributed by atoms with Crippen molar-refractivity contribution in [2.45, 2.75) is 27.3 Å². The molecule has 17 heavy (non-hydrogen) atoms. The van der Waals surface area contributed by atoms with Crippen molar-refractivity contribution in [3.63, 3.8) is 0 Å². The quantitative estimate of drug-likeness (QED) is 0.712. The average Bonchev–Trinajstić information content (AvgIpc) is 2.67. The highest BCUT2D eigenvalue weighted by Gasteiger charge is 2.19. The lowest BCUT2D eigenvalue weighted by Gasteiger charge is -2.21. The molecule has 1 amide bonds. The zero-order valence-corrected chi connectivity index (χ0v) is 10.7. The SMILES string of the molecule is CCn1cc(N)cc1C(=O)NCC(C)(C)CO. The number of nitrogens with one attached hydrogen (secondary N) is 1. The van der Waals surface area contributed by atoms with Gasteiger partial charge in [-0.25, -0.2) is 0 Å². The van der Waals surface area contributed by atoms with Gasteiger partial charge in [-0.05, 0) is 13.0 Å². The Balaban J connectivity index is 2.70. The summed E-state index contributed by atoms with van der Waals surface area (Å²) in [6, 6.07) is 1.66. The predicted octanol–water partition coefficient (Wildman–Crippen LogP) is 0.838. The maximum atomic E-state index is 11.9. The molecule has 0 fully saturated rings. The van der Waals surface area contributed by atoms with Gasteiger partial charge in [0.1, 0.15) is 5.69 Å². The molecule has 0 aliphatic rings. The van der Waals surface area contributed by atoms with Crippen LogP contribution in [0.5, 0.6) is 0 Å². The number of aryl methyl sites for hydroxylation is 1. The molecule has 0 unspecified atom stereocenters. The summed E-state index contributed by atoms with van der Waals surface area (Å²) in [6.45, 7) is 6.89. The molecular weight excluding hydrogens is 218 g/mol. The van der Waals surface area contributed by atoms with Crippen LogP contribution in [0.25, 0.3) is 0 Å². The third-order valence-electron chi connectivity index (χ3n) is 2.65. The maximum Gasteiger partial charge on any atom is 0.268 e. The molecular formula is C12H21N3O2. The first-order valence-electron chi connectivity index (χ1n) is 5.74. The number of aliphatic hydroxyl groups excluding tert-OH is 1. The van der Waals surface area contributed by atoms with Gasteiger partial charge < -0.3 is 20.7 Å². The minimum atomic E-state index is -0.315. The van der Waals surface area contributed by atoms with Crippen LogP contribution in [-0.2, 0) is 6.54 Å². The van der Waals surface area contributed by atoms with Crippen molar-refractivity contribution >= 4 is 11.6 Å². The number of carbonyl (C=O) groups is 1. The molecule has 1 rings (SSSR count). The van der Waals surface area contributed by atoms with Gasteiger partial charge in [0.15, 0.2) is 0 Å². The van der Waals surface area contributed by atoms with Crippen molar-refractivity contribution in [3.05, 3.63) is 18.0 Å². The standard InChI is InChI=1S/C12H21N3O2/c1-4-15-6-9(13)5-10(15)11(17)14-7-12(2,3)8-16/h5-6,16H,4,7-8,13H2,1-3H3,(H,14,17). The van der Waals surface area contributed by atoms with Crippen LogP contribution in [0, 0.1) is 5.41 Å². The molecule has 0 radical (unpaired) electrons. The van der Waals surface area contributed by atoms with Crippen molar-refractivity contribution in [1.82, 2.24) is 9.88 Å². The molecule has 1 heterocycles. The fourth-order valence-corrected chi connectivity index (χ4v) is 1.45. The number of hydrogen-bond donors (Lipinski definition) is 3. The van der Waals surface area contributed by atoms with E-state index in [1.165, 1.54) is 0 Å². The molecule has 0 aliphatic carbocycles. The fraction of sp³-hybridized carbons (Fsp3) is 0.583. The van der Waals surface area contributed by atoms with E-state index in [1.54, 1.807) is 16.8 Å². The molecule has 5 nitrogen and oxygen atoms in total. The zero-order valence-electron chi connectivity index (χ0n) is 10.7. The molecule has 0 aromatic carbocycles. The number of amides is 1. The summed E-state index contributed by atoms with van der Waals surface area (Å²) >= 11 is 0. The Bertz CT molecular complexity index is 396. The number of rotatable bonds is 5. The number of aromatic nitrogens is 1. The highest BCUT2D eigenvalue weighted by molar-refractivity contribution is 5.93. The Morgan fingerprint density at radius 2 is 2.24 bits per heavy atom. The average molecular weight is 239 g/mol. The molecule has 0 saturated carbocycles. The van der Waals surface area contributed by atoms with Gasteiger partial charge in [-0.1, -0.05) is 13.8 Å². The van der Waals surface area contributed by atoms with E-state index in [-0.39, 0.29) is 17.9 Å². The Morgan fingerprint density at radius 3 is 2.76 bits per heavy atom. The normalized spacial score (nSPS) is 11.5. The Morgan fingerprint density at radius 1 is 1.59 bits per heavy atom. The minimum Gasteiger partial charge on any atom is -0.397 e. The van der Waals surface area contributed by atoms with Crippen molar-refractivity contribution in [1.29, 1.82) is 0 Å². The number of nitrogens with two attached hydrogens (primary N) is 1. The van der Waals surface area contributed by atoms with Crippen molar-refractivity contribution in [2.24, 2.45) is 5.41 Å². The smallest absolute Gasteiger partial charge is 0.268 e. The van der Waals surface area contributed by atoms with E-state index < -0.39 is 0 Å². The molecule has 0 bridgehead atoms. The van der Waals surface area contributed by atoms with Gasteiger partial charge in [-0.2, -0.15) is 0 Å². The predicted molar refractivity (Wildman–Crippen MR) is 67.7 cm³/mol. The van der Waals surface area contributed by atoms with Crippen molar-refractivity contribution in [2.75, 3.05) is 18.9 Å². The van der Waals surface area contributed by atoms with Crippen LogP contribution < -0.4 is 11.1 Å². The van der Waals surface area contributed by atoms with Crippen LogP contribution in [0.2, 0.25) is 0 Å². The molecule has 0 atom stereocenters. The van der Waals surface area contributed by atoms with Crippen LogP contribution >= 0.6 is 0 Å². The third-order valence-corrected chi connectivity index (χ3v) is 2.65. The van der Waals surface area contributed by atoms with E-state index in [1.807, 2.05) is 20.8 Å². The van der Waals surface area contributed by atoms with Crippen LogP contribution in [0.1, 0.15) is 31.3 Å². The molecule has 0 saturated heterocycles. The summed E-state index contributed by atoms with van der Waals surface area (Å²) < 4.78 is 1.80. The van der Waals surface area contributed by atoms with Gasteiger partial charge >= 0.3 is 0 Å². The number of anilines is 1. The Hall–Kier alpha value is -1.49. The molecule has 96 valence electrons. The van der Waals surface area contributed by atoms with Crippen molar-refractivity contribution in [3.8, 4) is 0 Å². The summed E-state index contributed by atoms with van der Waals surface area (Å²) in [5, 5.41) is 11.9. The van der Waals surface area contributed by atoms with Gasteiger partial charge in [0.05, 0.1) is 5.69 Å². The molecule has 5 heteroatoms. The van der Waals surface area contributed by atoms with Crippen LogP contribution in [0.3, 0.4) is 0 Å². The van der Waals surface area contributed by atoms with E-state index in [0.717, 1.165) is 0 Å². The van der Waals surface area contributed by atoms with E-state index in [4.69, 9.17) is 10.8 Å². The first-order valence-corrected chi connectivity index (χ1v) is 5.74. The molecule has 1 aromatic rings. The molecule has 1 aromatic heterocycles. The number of aliphatic hydroxyl groups is 1. The zero-order chi connectivity index (χ0) is 13.1. The second-order valence-corrected chi connectivity index (χ2v) is 4.95. The van der Waals surface area contributed by atoms with Gasteiger partial charge in [0, 0.05) is 31.3 Å². The van der Waals surface area contributed by atoms with Crippen LogP contribution in [0.15, 0.2) is 12.3 Å². The van der Waals surface area contributed by atoms with E-state index in [9.17, 15) is 4.79 Å². The third kappa shape index (κ3) is 3.49. The lowest BCUT2D eigenvalue weighted by Crippen LogP contribution is -2.36. The minimum absolute atomic E-state index is 0.0320. The van der Waals surface area contributed by atoms with Crippen LogP contribution in [0.4, 0.5) is 5.69 Å². The fourth-order valence-electron chi connectivity index (χ4n) is 1.45. The first kappa shape index (κ1) is 13.6. The molecule has 0 spiro atoms. The maximum absolute atomic E-state index is 11.9. The lowest BCUT2D eigenvalue weighted by molar-refractivity contribution is 0.0902. The molecule has 4 N–H and O–H groups in total. The monoisotopic (exact) mass is 239 g/mol. The molecule has 0 aliphatic heterocycles. The van der Waals surface area contributed by atoms with E-state index in [0.29, 0.717) is 24.5 Å². The second kappa shape index (κ2) is 5.23. The summed E-state index contributed by atoms with van der Waals surface area (Å²) in [4.78, 5) is 11.9. The topological polar surface area (TPSA) is 80.3 Å². The number of hydrogen-bond acceptors (Lipinski definition) is 3. The van der Waals surface area contributed by atoms with Crippen LogP contribution in [-0.4, -0.2) is 28.7 Å². The van der Waals surface area contributed by atoms with Gasteiger partial charge in [0.25, 0.3) is 5.91 Å². The Labute approximate surface area is 102 Å². The summed E-state index contributed by atoms with van der Waals surface area (Å²) in [7, 11) is 0. The summed E-state index contributed by atoms with van der Waals surface area (Å²) in [5.41, 5.74) is 6.48. The van der Waals surface area contributed by atoms with Crippen molar-refractivity contribution < 1.29 is 9.90 Å². The lowest BCUT2D eigenvalue weighted by atomic mass is 9.95. The van der Waals surface area contributed by atoms with E-state index >= 15 is 0 Å². The highest BCUT2D eigenvalue weighted by Crippen LogP contribution is 2.13. The van der Waals surface area contributed by atoms with Gasteiger partial charge in [-0.3, -0.25) is 4.79 Å². The second-order valence-electron chi connectivity index (χ2n) is 4.95. The number of nitrogens with zero attached hydrogens (tertiary/aromatic N) is 1. The summed E-state index contributed by atoms with van der Waals surface area (Å²) in [5.74, 6) is -0.162. The highest BCUT2D eigenvalue weighted by atomic mass is 16.3. The van der Waals surface area contributed by atoms with Gasteiger partial charge in [0.2, 0.25) is 0 Å². The van der Waals surface area contributed by atoms with E-state index in [2.05, 4.69) is 5.32 Å². The first-order chi connectivity index (χ1) is 7.89.